The van der Waals surface area contributed by atoms with Crippen molar-refractivity contribution in [2.24, 2.45) is 5.92 Å². The molecular weight excluding hydrogens is 438 g/mol. The molecule has 3 unspecified atom stereocenters. The lowest BCUT2D eigenvalue weighted by Gasteiger charge is -2.38. The maximum atomic E-state index is 13.1. The van der Waals surface area contributed by atoms with Crippen LogP contribution >= 0.6 is 0 Å². The van der Waals surface area contributed by atoms with E-state index in [1.807, 2.05) is 30.3 Å². The van der Waals surface area contributed by atoms with Gasteiger partial charge in [-0.15, -0.1) is 0 Å². The maximum Gasteiger partial charge on any atom is 0.416 e. The first-order chi connectivity index (χ1) is 15.1. The van der Waals surface area contributed by atoms with Crippen LogP contribution in [0.25, 0.3) is 0 Å². The first-order valence-electron chi connectivity index (χ1n) is 10.3. The molecule has 9 heteroatoms. The van der Waals surface area contributed by atoms with E-state index in [-0.39, 0.29) is 43.1 Å². The number of ether oxygens (including phenoxy) is 2. The van der Waals surface area contributed by atoms with Crippen molar-refractivity contribution in [1.29, 1.82) is 0 Å². The van der Waals surface area contributed by atoms with Crippen LogP contribution in [-0.2, 0) is 28.2 Å². The molecule has 3 nitrogen and oxygen atoms in total. The Morgan fingerprint density at radius 1 is 0.938 bits per heavy atom. The monoisotopic (exact) mass is 462 g/mol. The Hall–Kier alpha value is -2.10. The third-order valence-corrected chi connectivity index (χ3v) is 5.58. The van der Waals surface area contributed by atoms with Crippen LogP contribution < -0.4 is 0 Å². The highest BCUT2D eigenvalue weighted by atomic mass is 19.4. The average molecular weight is 462 g/mol. The van der Waals surface area contributed by atoms with Gasteiger partial charge in [0.15, 0.2) is 6.29 Å². The van der Waals surface area contributed by atoms with Crippen LogP contribution in [0, 0.1) is 5.92 Å². The van der Waals surface area contributed by atoms with Crippen molar-refractivity contribution in [2.45, 2.75) is 43.8 Å². The van der Waals surface area contributed by atoms with Crippen LogP contribution in [-0.4, -0.2) is 31.2 Å². The summed E-state index contributed by atoms with van der Waals surface area (Å²) < 4.78 is 90.0. The highest BCUT2D eigenvalue weighted by Gasteiger charge is 2.38. The molecule has 1 aliphatic rings. The Morgan fingerprint density at radius 3 is 2.12 bits per heavy atom. The minimum absolute atomic E-state index is 0.00876. The zero-order valence-electron chi connectivity index (χ0n) is 17.1. The topological polar surface area (TPSA) is 38.7 Å². The minimum atomic E-state index is -4.89. The van der Waals surface area contributed by atoms with Crippen molar-refractivity contribution in [2.75, 3.05) is 19.8 Å². The lowest BCUT2D eigenvalue weighted by molar-refractivity contribution is -0.188. The summed E-state index contributed by atoms with van der Waals surface area (Å²) >= 11 is 0. The molecule has 0 saturated carbocycles. The fraction of sp³-hybridized carbons (Fsp3) is 0.478. The normalized spacial score (nSPS) is 22.2. The van der Waals surface area contributed by atoms with Gasteiger partial charge in [0.1, 0.15) is 0 Å². The van der Waals surface area contributed by atoms with Gasteiger partial charge in [-0.2, -0.15) is 26.3 Å². The van der Waals surface area contributed by atoms with E-state index >= 15 is 0 Å². The van der Waals surface area contributed by atoms with Gasteiger partial charge in [0.05, 0.1) is 24.3 Å². The summed E-state index contributed by atoms with van der Waals surface area (Å²) in [6, 6.07) is 10.9. The molecule has 1 aliphatic heterocycles. The molecule has 1 saturated heterocycles. The zero-order chi connectivity index (χ0) is 23.4. The van der Waals surface area contributed by atoms with Crippen molar-refractivity contribution in [3.63, 3.8) is 0 Å². The van der Waals surface area contributed by atoms with Crippen LogP contribution in [0.4, 0.5) is 26.3 Å². The number of aliphatic hydroxyl groups excluding tert-OH is 1. The van der Waals surface area contributed by atoms with Crippen molar-refractivity contribution in [3.8, 4) is 0 Å². The average Bonchev–Trinajstić information content (AvgIpc) is 2.73. The van der Waals surface area contributed by atoms with Gasteiger partial charge in [0.2, 0.25) is 0 Å². The molecule has 0 spiro atoms. The summed E-state index contributed by atoms with van der Waals surface area (Å²) in [7, 11) is 0. The summed E-state index contributed by atoms with van der Waals surface area (Å²) in [5.74, 6) is -0.129. The minimum Gasteiger partial charge on any atom is -0.396 e. The Morgan fingerprint density at radius 2 is 1.56 bits per heavy atom. The van der Waals surface area contributed by atoms with Crippen molar-refractivity contribution >= 4 is 0 Å². The molecule has 0 radical (unpaired) electrons. The van der Waals surface area contributed by atoms with E-state index < -0.39 is 29.8 Å². The lowest BCUT2D eigenvalue weighted by atomic mass is 9.80. The van der Waals surface area contributed by atoms with Crippen LogP contribution in [0.1, 0.15) is 41.0 Å². The summed E-state index contributed by atoms with van der Waals surface area (Å²) in [6.07, 6.45) is -9.39. The number of hydrogen-bond donors (Lipinski definition) is 1. The number of aliphatic hydroxyl groups is 1. The number of hydrogen-bond acceptors (Lipinski definition) is 3. The second-order valence-corrected chi connectivity index (χ2v) is 7.77. The highest BCUT2D eigenvalue weighted by Crippen LogP contribution is 2.39. The molecule has 1 N–H and O–H groups in total. The molecule has 1 heterocycles. The van der Waals surface area contributed by atoms with E-state index in [0.717, 1.165) is 5.56 Å². The third kappa shape index (κ3) is 6.24. The zero-order valence-corrected chi connectivity index (χ0v) is 17.1. The predicted molar refractivity (Wildman–Crippen MR) is 105 cm³/mol. The van der Waals surface area contributed by atoms with Gasteiger partial charge in [0.25, 0.3) is 0 Å². The molecule has 3 rings (SSSR count). The number of alkyl halides is 6. The van der Waals surface area contributed by atoms with Gasteiger partial charge in [0, 0.05) is 12.5 Å². The Bertz CT molecular complexity index is 832. The van der Waals surface area contributed by atoms with Crippen LogP contribution in [0.5, 0.6) is 0 Å². The van der Waals surface area contributed by atoms with E-state index in [4.69, 9.17) is 9.47 Å². The maximum absolute atomic E-state index is 13.1. The molecule has 176 valence electrons. The Balaban J connectivity index is 1.75. The van der Waals surface area contributed by atoms with Gasteiger partial charge in [-0.1, -0.05) is 30.3 Å². The van der Waals surface area contributed by atoms with Crippen LogP contribution in [0.3, 0.4) is 0 Å². The van der Waals surface area contributed by atoms with E-state index in [1.54, 1.807) is 0 Å². The fourth-order valence-corrected chi connectivity index (χ4v) is 4.04. The molecule has 2 aromatic rings. The van der Waals surface area contributed by atoms with Crippen molar-refractivity contribution in [1.82, 2.24) is 0 Å². The van der Waals surface area contributed by atoms with Gasteiger partial charge in [-0.3, -0.25) is 0 Å². The van der Waals surface area contributed by atoms with E-state index in [0.29, 0.717) is 31.6 Å². The smallest absolute Gasteiger partial charge is 0.396 e. The molecule has 32 heavy (non-hydrogen) atoms. The molecular formula is C23H24F6O3. The standard InChI is InChI=1S/C23H24F6O3/c24-22(25,26)18-12-15(13-19(14-18)23(27,28)29)7-10-31-21-20(16-4-2-1-3-5-16)17(6-9-30)8-11-32-21/h1-5,12-14,17,20-21,30H,6-11H2. The fourth-order valence-electron chi connectivity index (χ4n) is 4.04. The van der Waals surface area contributed by atoms with Gasteiger partial charge < -0.3 is 14.6 Å². The quantitative estimate of drug-likeness (QED) is 0.528. The first-order valence-corrected chi connectivity index (χ1v) is 10.3. The Kier molecular flexibility index (Phi) is 7.84. The summed E-state index contributed by atoms with van der Waals surface area (Å²) in [5.41, 5.74) is -1.87. The molecule has 1 fully saturated rings. The molecule has 0 aromatic heterocycles. The number of halogens is 6. The van der Waals surface area contributed by atoms with Gasteiger partial charge in [-0.05, 0) is 54.5 Å². The Labute approximate surface area is 182 Å². The highest BCUT2D eigenvalue weighted by molar-refractivity contribution is 5.33. The molecule has 0 aliphatic carbocycles. The second kappa shape index (κ2) is 10.2. The first kappa shape index (κ1) is 24.5. The SMILES string of the molecule is OCCC1CCOC(OCCc2cc(C(F)(F)F)cc(C(F)(F)F)c2)C1c1ccccc1. The molecule has 0 amide bonds. The second-order valence-electron chi connectivity index (χ2n) is 7.77. The largest absolute Gasteiger partial charge is 0.416 e. The number of rotatable bonds is 7. The number of benzene rings is 2. The van der Waals surface area contributed by atoms with E-state index in [2.05, 4.69) is 0 Å². The molecule has 3 atom stereocenters. The molecule has 0 bridgehead atoms. The van der Waals surface area contributed by atoms with Crippen LogP contribution in [0.15, 0.2) is 48.5 Å². The third-order valence-electron chi connectivity index (χ3n) is 5.58. The van der Waals surface area contributed by atoms with Crippen molar-refractivity contribution in [3.05, 3.63) is 70.8 Å². The van der Waals surface area contributed by atoms with E-state index in [1.165, 1.54) is 0 Å². The lowest BCUT2D eigenvalue weighted by Crippen LogP contribution is -2.37. The predicted octanol–water partition coefficient (Wildman–Crippen LogP) is 5.81. The summed E-state index contributed by atoms with van der Waals surface area (Å²) in [4.78, 5) is 0. The van der Waals surface area contributed by atoms with Gasteiger partial charge in [-0.25, -0.2) is 0 Å². The summed E-state index contributed by atoms with van der Waals surface area (Å²) in [5, 5.41) is 9.41. The summed E-state index contributed by atoms with van der Waals surface area (Å²) in [6.45, 7) is 0.268. The van der Waals surface area contributed by atoms with Crippen molar-refractivity contribution < 1.29 is 40.9 Å². The van der Waals surface area contributed by atoms with Crippen LogP contribution in [0.2, 0.25) is 0 Å². The van der Waals surface area contributed by atoms with E-state index in [9.17, 15) is 31.4 Å². The van der Waals surface area contributed by atoms with Gasteiger partial charge >= 0.3 is 12.4 Å². The molecule has 2 aromatic carbocycles.